The molecule has 1 unspecified atom stereocenters. The van der Waals surface area contributed by atoms with Gasteiger partial charge in [-0.05, 0) is 25.5 Å². The van der Waals surface area contributed by atoms with Crippen molar-refractivity contribution in [2.24, 2.45) is 0 Å². The first-order valence-electron chi connectivity index (χ1n) is 6.18. The molecule has 1 aromatic heterocycles. The van der Waals surface area contributed by atoms with Crippen molar-refractivity contribution in [2.75, 3.05) is 19.7 Å². The van der Waals surface area contributed by atoms with Gasteiger partial charge in [-0.25, -0.2) is 9.78 Å². The molecule has 1 aromatic rings. The number of ether oxygens (including phenoxy) is 1. The molecule has 5 heteroatoms. The maximum Gasteiger partial charge on any atom is 0.354 e. The molecular weight excluding hydrogens is 232 g/mol. The number of carboxylic acid groups (broad SMARTS) is 1. The van der Waals surface area contributed by atoms with Crippen LogP contribution < -0.4 is 0 Å². The zero-order valence-electron chi connectivity index (χ0n) is 10.5. The van der Waals surface area contributed by atoms with Crippen molar-refractivity contribution < 1.29 is 14.6 Å². The number of hydrogen-bond acceptors (Lipinski definition) is 4. The number of aromatic nitrogens is 1. The Balaban J connectivity index is 2.03. The molecule has 2 heterocycles. The molecule has 2 rings (SSSR count). The van der Waals surface area contributed by atoms with Gasteiger partial charge < -0.3 is 9.84 Å². The topological polar surface area (TPSA) is 62.7 Å². The van der Waals surface area contributed by atoms with Crippen LogP contribution in [0.4, 0.5) is 0 Å². The molecule has 1 saturated heterocycles. The number of carbonyl (C=O) groups is 1. The van der Waals surface area contributed by atoms with E-state index < -0.39 is 5.97 Å². The fourth-order valence-electron chi connectivity index (χ4n) is 2.14. The summed E-state index contributed by atoms with van der Waals surface area (Å²) in [7, 11) is 0. The quantitative estimate of drug-likeness (QED) is 0.878. The van der Waals surface area contributed by atoms with Crippen LogP contribution in [0.25, 0.3) is 0 Å². The maximum atomic E-state index is 10.9. The number of aromatic carboxylic acids is 1. The second kappa shape index (κ2) is 5.93. The average Bonchev–Trinajstić information content (AvgIpc) is 2.54. The molecule has 98 valence electrons. The largest absolute Gasteiger partial charge is 0.477 e. The van der Waals surface area contributed by atoms with E-state index in [1.165, 1.54) is 6.07 Å². The highest BCUT2D eigenvalue weighted by Gasteiger charge is 2.16. The highest BCUT2D eigenvalue weighted by atomic mass is 16.5. The summed E-state index contributed by atoms with van der Waals surface area (Å²) in [5.74, 6) is -0.982. The molecule has 18 heavy (non-hydrogen) atoms. The van der Waals surface area contributed by atoms with Crippen LogP contribution in [0.15, 0.2) is 18.2 Å². The van der Waals surface area contributed by atoms with Crippen molar-refractivity contribution in [2.45, 2.75) is 26.0 Å². The molecule has 5 nitrogen and oxygen atoms in total. The lowest BCUT2D eigenvalue weighted by atomic mass is 10.2. The Morgan fingerprint density at radius 3 is 3.22 bits per heavy atom. The van der Waals surface area contributed by atoms with E-state index >= 15 is 0 Å². The normalized spacial score (nSPS) is 21.5. The van der Waals surface area contributed by atoms with Crippen LogP contribution in [0.1, 0.15) is 29.5 Å². The SMILES string of the molecule is CC1CN(Cc2cccc(C(=O)O)n2)CCCO1. The molecule has 0 radical (unpaired) electrons. The number of nitrogens with zero attached hydrogens (tertiary/aromatic N) is 2. The Morgan fingerprint density at radius 2 is 2.44 bits per heavy atom. The predicted molar refractivity (Wildman–Crippen MR) is 66.5 cm³/mol. The fourth-order valence-corrected chi connectivity index (χ4v) is 2.14. The van der Waals surface area contributed by atoms with E-state index in [0.29, 0.717) is 6.54 Å². The number of rotatable bonds is 3. The summed E-state index contributed by atoms with van der Waals surface area (Å²) < 4.78 is 5.58. The van der Waals surface area contributed by atoms with Gasteiger partial charge in [0.25, 0.3) is 0 Å². The predicted octanol–water partition coefficient (Wildman–Crippen LogP) is 1.39. The summed E-state index contributed by atoms with van der Waals surface area (Å²) >= 11 is 0. The molecular formula is C13H18N2O3. The average molecular weight is 250 g/mol. The van der Waals surface area contributed by atoms with Crippen LogP contribution >= 0.6 is 0 Å². The second-order valence-electron chi connectivity index (χ2n) is 4.59. The van der Waals surface area contributed by atoms with Gasteiger partial charge in [0, 0.05) is 26.2 Å². The van der Waals surface area contributed by atoms with Crippen LogP contribution in [0.5, 0.6) is 0 Å². The molecule has 0 saturated carbocycles. The molecule has 1 N–H and O–H groups in total. The Morgan fingerprint density at radius 1 is 1.61 bits per heavy atom. The minimum absolute atomic E-state index is 0.103. The third-order valence-corrected chi connectivity index (χ3v) is 2.95. The zero-order chi connectivity index (χ0) is 13.0. The molecule has 1 atom stereocenters. The maximum absolute atomic E-state index is 10.9. The van der Waals surface area contributed by atoms with Crippen LogP contribution in [-0.4, -0.2) is 46.8 Å². The lowest BCUT2D eigenvalue weighted by Gasteiger charge is -2.21. The molecule has 0 amide bonds. The summed E-state index contributed by atoms with van der Waals surface area (Å²) in [5, 5.41) is 8.91. The van der Waals surface area contributed by atoms with Gasteiger partial charge in [0.1, 0.15) is 5.69 Å². The van der Waals surface area contributed by atoms with Gasteiger partial charge in [-0.3, -0.25) is 4.90 Å². The summed E-state index contributed by atoms with van der Waals surface area (Å²) in [6.07, 6.45) is 1.22. The van der Waals surface area contributed by atoms with Gasteiger partial charge in [-0.2, -0.15) is 0 Å². The van der Waals surface area contributed by atoms with Gasteiger partial charge in [0.2, 0.25) is 0 Å². The zero-order valence-corrected chi connectivity index (χ0v) is 10.5. The third kappa shape index (κ3) is 3.51. The van der Waals surface area contributed by atoms with Crippen molar-refractivity contribution in [1.82, 2.24) is 9.88 Å². The molecule has 1 fully saturated rings. The molecule has 1 aliphatic rings. The van der Waals surface area contributed by atoms with Crippen LogP contribution in [0, 0.1) is 0 Å². The Labute approximate surface area is 106 Å². The third-order valence-electron chi connectivity index (χ3n) is 2.95. The molecule has 0 aromatic carbocycles. The van der Waals surface area contributed by atoms with Crippen molar-refractivity contribution in [3.63, 3.8) is 0 Å². The summed E-state index contributed by atoms with van der Waals surface area (Å²) in [5.41, 5.74) is 0.899. The Hall–Kier alpha value is -1.46. The highest BCUT2D eigenvalue weighted by Crippen LogP contribution is 2.10. The first-order chi connectivity index (χ1) is 8.65. The van der Waals surface area contributed by atoms with E-state index in [4.69, 9.17) is 9.84 Å². The van der Waals surface area contributed by atoms with Gasteiger partial charge in [0.15, 0.2) is 0 Å². The lowest BCUT2D eigenvalue weighted by Crippen LogP contribution is -2.30. The molecule has 1 aliphatic heterocycles. The number of carboxylic acids is 1. The molecule has 0 bridgehead atoms. The first-order valence-corrected chi connectivity index (χ1v) is 6.18. The first kappa shape index (κ1) is 13.0. The van der Waals surface area contributed by atoms with E-state index in [2.05, 4.69) is 16.8 Å². The summed E-state index contributed by atoms with van der Waals surface area (Å²) in [4.78, 5) is 17.3. The van der Waals surface area contributed by atoms with Crippen LogP contribution in [0.2, 0.25) is 0 Å². The van der Waals surface area contributed by atoms with Crippen LogP contribution in [0.3, 0.4) is 0 Å². The monoisotopic (exact) mass is 250 g/mol. The molecule has 0 aliphatic carbocycles. The van der Waals surface area contributed by atoms with E-state index in [-0.39, 0.29) is 11.8 Å². The smallest absolute Gasteiger partial charge is 0.354 e. The fraction of sp³-hybridized carbons (Fsp3) is 0.538. The highest BCUT2D eigenvalue weighted by molar-refractivity contribution is 5.85. The van der Waals surface area contributed by atoms with E-state index in [0.717, 1.165) is 31.8 Å². The number of pyridine rings is 1. The van der Waals surface area contributed by atoms with Gasteiger partial charge >= 0.3 is 5.97 Å². The minimum Gasteiger partial charge on any atom is -0.477 e. The van der Waals surface area contributed by atoms with E-state index in [1.807, 2.05) is 6.07 Å². The van der Waals surface area contributed by atoms with Crippen LogP contribution in [-0.2, 0) is 11.3 Å². The second-order valence-corrected chi connectivity index (χ2v) is 4.59. The van der Waals surface area contributed by atoms with E-state index in [1.54, 1.807) is 6.07 Å². The minimum atomic E-state index is -0.982. The van der Waals surface area contributed by atoms with Crippen molar-refractivity contribution in [3.8, 4) is 0 Å². The van der Waals surface area contributed by atoms with Crippen molar-refractivity contribution >= 4 is 5.97 Å². The Kier molecular flexibility index (Phi) is 4.28. The van der Waals surface area contributed by atoms with Crippen molar-refractivity contribution in [3.05, 3.63) is 29.6 Å². The summed E-state index contributed by atoms with van der Waals surface area (Å²) in [6.45, 7) is 5.34. The lowest BCUT2D eigenvalue weighted by molar-refractivity contribution is 0.0661. The molecule has 0 spiro atoms. The van der Waals surface area contributed by atoms with Crippen molar-refractivity contribution in [1.29, 1.82) is 0 Å². The van der Waals surface area contributed by atoms with E-state index in [9.17, 15) is 4.79 Å². The number of hydrogen-bond donors (Lipinski definition) is 1. The van der Waals surface area contributed by atoms with Gasteiger partial charge in [0.05, 0.1) is 11.8 Å². The Bertz CT molecular complexity index is 422. The summed E-state index contributed by atoms with van der Waals surface area (Å²) in [6, 6.07) is 5.12. The van der Waals surface area contributed by atoms with Gasteiger partial charge in [-0.1, -0.05) is 6.07 Å². The van der Waals surface area contributed by atoms with Gasteiger partial charge in [-0.15, -0.1) is 0 Å². The standard InChI is InChI=1S/C13H18N2O3/c1-10-8-15(6-3-7-18-10)9-11-4-2-5-12(14-11)13(16)17/h2,4-5,10H,3,6-9H2,1H3,(H,16,17).